The van der Waals surface area contributed by atoms with E-state index in [2.05, 4.69) is 0 Å². The Kier molecular flexibility index (Phi) is 3.35. The third kappa shape index (κ3) is 2.49. The first-order valence-corrected chi connectivity index (χ1v) is 4.93. The summed E-state index contributed by atoms with van der Waals surface area (Å²) in [5, 5.41) is 0. The molecule has 15 heavy (non-hydrogen) atoms. The van der Waals surface area contributed by atoms with Gasteiger partial charge in [0.2, 0.25) is 0 Å². The number of carbonyl (C=O) groups excluding carboxylic acids is 1. The molecule has 82 valence electrons. The van der Waals surface area contributed by atoms with Crippen LogP contribution in [0.5, 0.6) is 0 Å². The smallest absolute Gasteiger partial charge is 0.161 e. The van der Waals surface area contributed by atoms with E-state index in [1.54, 1.807) is 6.92 Å². The van der Waals surface area contributed by atoms with Crippen LogP contribution in [0, 0.1) is 0 Å². The minimum Gasteiger partial charge on any atom is -0.378 e. The Bertz CT molecular complexity index is 370. The molecule has 0 fully saturated rings. The summed E-state index contributed by atoms with van der Waals surface area (Å²) in [7, 11) is 7.87. The lowest BCUT2D eigenvalue weighted by Gasteiger charge is -2.20. The summed E-state index contributed by atoms with van der Waals surface area (Å²) in [5.74, 6) is 0.101. The Hall–Kier alpha value is -1.51. The van der Waals surface area contributed by atoms with Gasteiger partial charge in [-0.2, -0.15) is 0 Å². The molecule has 0 aromatic heterocycles. The average Bonchev–Trinajstić information content (AvgIpc) is 2.16. The SMILES string of the molecule is CC(=O)c1ccc(N(C)C)cc1N(C)C. The van der Waals surface area contributed by atoms with Crippen LogP contribution in [0.1, 0.15) is 17.3 Å². The summed E-state index contributed by atoms with van der Waals surface area (Å²) < 4.78 is 0. The fourth-order valence-electron chi connectivity index (χ4n) is 1.47. The molecule has 0 unspecified atom stereocenters. The maximum atomic E-state index is 11.4. The van der Waals surface area contributed by atoms with Crippen LogP contribution in [0.15, 0.2) is 18.2 Å². The number of Topliss-reactive ketones (excluding diaryl/α,β-unsaturated/α-hetero) is 1. The van der Waals surface area contributed by atoms with Crippen molar-refractivity contribution in [1.82, 2.24) is 0 Å². The van der Waals surface area contributed by atoms with Crippen molar-refractivity contribution in [2.45, 2.75) is 6.92 Å². The summed E-state index contributed by atoms with van der Waals surface area (Å²) in [6, 6.07) is 5.87. The van der Waals surface area contributed by atoms with Crippen molar-refractivity contribution in [3.05, 3.63) is 23.8 Å². The quantitative estimate of drug-likeness (QED) is 0.707. The van der Waals surface area contributed by atoms with Crippen molar-refractivity contribution in [2.75, 3.05) is 38.0 Å². The van der Waals surface area contributed by atoms with E-state index in [1.165, 1.54) is 0 Å². The minimum absolute atomic E-state index is 0.101. The summed E-state index contributed by atoms with van der Waals surface area (Å²) in [6.45, 7) is 1.59. The lowest BCUT2D eigenvalue weighted by atomic mass is 10.1. The summed E-state index contributed by atoms with van der Waals surface area (Å²) >= 11 is 0. The third-order valence-electron chi connectivity index (χ3n) is 2.36. The van der Waals surface area contributed by atoms with Crippen LogP contribution >= 0.6 is 0 Å². The van der Waals surface area contributed by atoms with E-state index in [1.807, 2.05) is 56.2 Å². The number of hydrogen-bond acceptors (Lipinski definition) is 3. The maximum Gasteiger partial charge on any atom is 0.161 e. The topological polar surface area (TPSA) is 23.6 Å². The molecule has 1 rings (SSSR count). The van der Waals surface area contributed by atoms with E-state index in [9.17, 15) is 4.79 Å². The molecule has 0 heterocycles. The van der Waals surface area contributed by atoms with Gasteiger partial charge in [-0.3, -0.25) is 4.79 Å². The first-order valence-electron chi connectivity index (χ1n) is 4.93. The summed E-state index contributed by atoms with van der Waals surface area (Å²) in [4.78, 5) is 15.4. The molecule has 0 radical (unpaired) electrons. The molecular formula is C12H18N2O. The maximum absolute atomic E-state index is 11.4. The van der Waals surface area contributed by atoms with E-state index in [0.717, 1.165) is 16.9 Å². The van der Waals surface area contributed by atoms with E-state index < -0.39 is 0 Å². The van der Waals surface area contributed by atoms with Gasteiger partial charge in [-0.25, -0.2) is 0 Å². The molecule has 0 spiro atoms. The van der Waals surface area contributed by atoms with Crippen LogP contribution in [0.2, 0.25) is 0 Å². The molecule has 3 nitrogen and oxygen atoms in total. The van der Waals surface area contributed by atoms with Gasteiger partial charge in [0.1, 0.15) is 0 Å². The number of anilines is 2. The first kappa shape index (κ1) is 11.6. The van der Waals surface area contributed by atoms with E-state index >= 15 is 0 Å². The average molecular weight is 206 g/mol. The minimum atomic E-state index is 0.101. The molecule has 0 atom stereocenters. The molecule has 0 amide bonds. The standard InChI is InChI=1S/C12H18N2O/c1-9(15)11-7-6-10(13(2)3)8-12(11)14(4)5/h6-8H,1-5H3. The Labute approximate surface area is 91.3 Å². The second-order valence-corrected chi connectivity index (χ2v) is 4.05. The summed E-state index contributed by atoms with van der Waals surface area (Å²) in [6.07, 6.45) is 0. The van der Waals surface area contributed by atoms with Gasteiger partial charge in [-0.15, -0.1) is 0 Å². The molecule has 0 N–H and O–H groups in total. The molecular weight excluding hydrogens is 188 g/mol. The molecule has 0 bridgehead atoms. The second-order valence-electron chi connectivity index (χ2n) is 4.05. The van der Waals surface area contributed by atoms with Crippen LogP contribution in [0.25, 0.3) is 0 Å². The van der Waals surface area contributed by atoms with Crippen LogP contribution in [-0.4, -0.2) is 34.0 Å². The van der Waals surface area contributed by atoms with Crippen LogP contribution in [0.4, 0.5) is 11.4 Å². The summed E-state index contributed by atoms with van der Waals surface area (Å²) in [5.41, 5.74) is 2.84. The van der Waals surface area contributed by atoms with Gasteiger partial charge in [0.15, 0.2) is 5.78 Å². The van der Waals surface area contributed by atoms with Gasteiger partial charge in [0.05, 0.1) is 0 Å². The fraction of sp³-hybridized carbons (Fsp3) is 0.417. The Morgan fingerprint density at radius 2 is 1.67 bits per heavy atom. The first-order chi connectivity index (χ1) is 6.93. The monoisotopic (exact) mass is 206 g/mol. The fourth-order valence-corrected chi connectivity index (χ4v) is 1.47. The molecule has 1 aromatic rings. The molecule has 1 aromatic carbocycles. The van der Waals surface area contributed by atoms with Crippen molar-refractivity contribution >= 4 is 17.2 Å². The Morgan fingerprint density at radius 3 is 2.07 bits per heavy atom. The molecule has 0 saturated heterocycles. The van der Waals surface area contributed by atoms with Crippen LogP contribution in [0.3, 0.4) is 0 Å². The van der Waals surface area contributed by atoms with Crippen molar-refractivity contribution in [3.8, 4) is 0 Å². The largest absolute Gasteiger partial charge is 0.378 e. The van der Waals surface area contributed by atoms with E-state index in [0.29, 0.717) is 0 Å². The van der Waals surface area contributed by atoms with Crippen LogP contribution < -0.4 is 9.80 Å². The number of benzene rings is 1. The van der Waals surface area contributed by atoms with Crippen LogP contribution in [-0.2, 0) is 0 Å². The zero-order chi connectivity index (χ0) is 11.6. The highest BCUT2D eigenvalue weighted by molar-refractivity contribution is 6.00. The number of nitrogens with zero attached hydrogens (tertiary/aromatic N) is 2. The normalized spacial score (nSPS) is 9.93. The molecule has 0 aliphatic heterocycles. The molecule has 0 aliphatic carbocycles. The number of ketones is 1. The lowest BCUT2D eigenvalue weighted by molar-refractivity contribution is 0.101. The highest BCUT2D eigenvalue weighted by atomic mass is 16.1. The Morgan fingerprint density at radius 1 is 1.07 bits per heavy atom. The second kappa shape index (κ2) is 4.34. The molecule has 0 aliphatic rings. The molecule has 0 saturated carbocycles. The highest BCUT2D eigenvalue weighted by Gasteiger charge is 2.10. The third-order valence-corrected chi connectivity index (χ3v) is 2.36. The van der Waals surface area contributed by atoms with Gasteiger partial charge in [-0.1, -0.05) is 0 Å². The predicted octanol–water partition coefficient (Wildman–Crippen LogP) is 2.02. The Balaban J connectivity index is 3.27. The predicted molar refractivity (Wildman–Crippen MR) is 65.1 cm³/mol. The number of rotatable bonds is 3. The van der Waals surface area contributed by atoms with Crippen molar-refractivity contribution < 1.29 is 4.79 Å². The van der Waals surface area contributed by atoms with E-state index in [-0.39, 0.29) is 5.78 Å². The molecule has 3 heteroatoms. The van der Waals surface area contributed by atoms with Gasteiger partial charge in [-0.05, 0) is 25.1 Å². The number of hydrogen-bond donors (Lipinski definition) is 0. The van der Waals surface area contributed by atoms with Gasteiger partial charge < -0.3 is 9.80 Å². The van der Waals surface area contributed by atoms with Gasteiger partial charge in [0, 0.05) is 45.1 Å². The van der Waals surface area contributed by atoms with Crippen molar-refractivity contribution in [3.63, 3.8) is 0 Å². The van der Waals surface area contributed by atoms with E-state index in [4.69, 9.17) is 0 Å². The van der Waals surface area contributed by atoms with Gasteiger partial charge in [0.25, 0.3) is 0 Å². The number of carbonyl (C=O) groups is 1. The zero-order valence-corrected chi connectivity index (χ0v) is 10.0. The highest BCUT2D eigenvalue weighted by Crippen LogP contribution is 2.25. The van der Waals surface area contributed by atoms with Gasteiger partial charge >= 0.3 is 0 Å². The lowest BCUT2D eigenvalue weighted by Crippen LogP contribution is -2.15. The van der Waals surface area contributed by atoms with Crippen molar-refractivity contribution in [1.29, 1.82) is 0 Å². The zero-order valence-electron chi connectivity index (χ0n) is 10.0. The van der Waals surface area contributed by atoms with Crippen molar-refractivity contribution in [2.24, 2.45) is 0 Å².